The largest absolute Gasteiger partial charge is 0.358 e. The third kappa shape index (κ3) is 4.19. The maximum atomic E-state index is 10.9. The Hall–Kier alpha value is 0.0600. The normalized spacial score (nSPS) is 15.3. The minimum Gasteiger partial charge on any atom is -0.358 e. The van der Waals surface area contributed by atoms with Crippen LogP contribution in [0, 0.1) is 0 Å². The summed E-state index contributed by atoms with van der Waals surface area (Å²) in [5.74, 6) is 0.650. The second-order valence-corrected chi connectivity index (χ2v) is 5.91. The molecule has 0 aliphatic heterocycles. The smallest absolute Gasteiger partial charge is 0.183 e. The Morgan fingerprint density at radius 2 is 2.54 bits per heavy atom. The molecule has 3 nitrogen and oxygen atoms in total. The lowest BCUT2D eigenvalue weighted by atomic mass is 10.4. The summed E-state index contributed by atoms with van der Waals surface area (Å²) in [6.07, 6.45) is 1.70. The molecule has 0 aromatic carbocycles. The Balaban J connectivity index is 2.44. The van der Waals surface area contributed by atoms with Gasteiger partial charge in [-0.2, -0.15) is 0 Å². The highest BCUT2D eigenvalue weighted by atomic mass is 79.9. The van der Waals surface area contributed by atoms with Gasteiger partial charge in [0.25, 0.3) is 0 Å². The summed E-state index contributed by atoms with van der Waals surface area (Å²) in [7, 11) is -0.760. The highest BCUT2D eigenvalue weighted by Crippen LogP contribution is 2.19. The van der Waals surface area contributed by atoms with Gasteiger partial charge in [0.05, 0.1) is 0 Å². The zero-order valence-electron chi connectivity index (χ0n) is 7.41. The van der Waals surface area contributed by atoms with Crippen LogP contribution in [0.5, 0.6) is 0 Å². The third-order valence-electron chi connectivity index (χ3n) is 1.33. The molecule has 0 amide bonds. The van der Waals surface area contributed by atoms with Crippen molar-refractivity contribution in [2.45, 2.75) is 13.0 Å². The number of nitrogens with one attached hydrogen (secondary N) is 1. The summed E-state index contributed by atoms with van der Waals surface area (Å²) in [5.41, 5.74) is 0. The summed E-state index contributed by atoms with van der Waals surface area (Å²) >= 11 is 4.81. The molecular formula is C7H11BrN2OS2. The second-order valence-electron chi connectivity index (χ2n) is 2.76. The third-order valence-corrected chi connectivity index (χ3v) is 3.78. The van der Waals surface area contributed by atoms with Gasteiger partial charge in [-0.3, -0.25) is 4.21 Å². The quantitative estimate of drug-likeness (QED) is 0.920. The highest BCUT2D eigenvalue weighted by Gasteiger charge is 2.06. The van der Waals surface area contributed by atoms with Crippen LogP contribution in [0.25, 0.3) is 0 Å². The van der Waals surface area contributed by atoms with Crippen LogP contribution in [0.15, 0.2) is 9.98 Å². The summed E-state index contributed by atoms with van der Waals surface area (Å²) in [4.78, 5) is 4.18. The van der Waals surface area contributed by atoms with Gasteiger partial charge in [0.1, 0.15) is 4.60 Å². The van der Waals surface area contributed by atoms with Gasteiger partial charge in [0.2, 0.25) is 0 Å². The Labute approximate surface area is 92.5 Å². The Bertz CT molecular complexity index is 302. The van der Waals surface area contributed by atoms with Gasteiger partial charge in [0.15, 0.2) is 5.13 Å². The zero-order valence-corrected chi connectivity index (χ0v) is 10.6. The predicted octanol–water partition coefficient (Wildman–Crippen LogP) is 2.08. The van der Waals surface area contributed by atoms with Gasteiger partial charge in [0, 0.05) is 34.2 Å². The van der Waals surface area contributed by atoms with E-state index in [0.717, 1.165) is 9.73 Å². The molecule has 0 bridgehead atoms. The topological polar surface area (TPSA) is 42.0 Å². The SMILES string of the molecule is CC(CS(C)=O)Nc1nc(Br)cs1. The van der Waals surface area contributed by atoms with Crippen LogP contribution in [-0.2, 0) is 10.8 Å². The van der Waals surface area contributed by atoms with Gasteiger partial charge < -0.3 is 5.32 Å². The number of hydrogen-bond donors (Lipinski definition) is 1. The molecule has 0 saturated carbocycles. The molecule has 1 aromatic heterocycles. The van der Waals surface area contributed by atoms with Crippen molar-refractivity contribution in [1.29, 1.82) is 0 Å². The maximum absolute atomic E-state index is 10.9. The highest BCUT2D eigenvalue weighted by molar-refractivity contribution is 9.10. The molecule has 0 spiro atoms. The first-order valence-electron chi connectivity index (χ1n) is 3.75. The average molecular weight is 283 g/mol. The minimum absolute atomic E-state index is 0.198. The molecule has 1 heterocycles. The number of anilines is 1. The average Bonchev–Trinajstić information content (AvgIpc) is 2.33. The van der Waals surface area contributed by atoms with Crippen molar-refractivity contribution >= 4 is 43.2 Å². The van der Waals surface area contributed by atoms with Crippen LogP contribution in [0.1, 0.15) is 6.92 Å². The number of hydrogen-bond acceptors (Lipinski definition) is 4. The number of aromatic nitrogens is 1. The Morgan fingerprint density at radius 1 is 1.85 bits per heavy atom. The molecule has 1 N–H and O–H groups in total. The van der Waals surface area contributed by atoms with E-state index in [4.69, 9.17) is 0 Å². The summed E-state index contributed by atoms with van der Waals surface area (Å²) in [6.45, 7) is 2.00. The molecule has 74 valence electrons. The van der Waals surface area contributed by atoms with Crippen LogP contribution in [0.2, 0.25) is 0 Å². The van der Waals surface area contributed by atoms with E-state index in [2.05, 4.69) is 26.2 Å². The minimum atomic E-state index is -0.760. The molecule has 6 heteroatoms. The fourth-order valence-corrected chi connectivity index (χ4v) is 2.97. The van der Waals surface area contributed by atoms with E-state index in [1.807, 2.05) is 12.3 Å². The standard InChI is InChI=1S/C7H11BrN2OS2/c1-5(4-13(2)11)9-7-10-6(8)3-12-7/h3,5H,4H2,1-2H3,(H,9,10). The van der Waals surface area contributed by atoms with Crippen molar-refractivity contribution in [1.82, 2.24) is 4.98 Å². The molecule has 1 rings (SSSR count). The Kier molecular flexibility index (Phi) is 4.34. The predicted molar refractivity (Wildman–Crippen MR) is 61.8 cm³/mol. The number of halogens is 1. The van der Waals surface area contributed by atoms with Crippen molar-refractivity contribution in [2.75, 3.05) is 17.3 Å². The van der Waals surface area contributed by atoms with Crippen molar-refractivity contribution in [3.63, 3.8) is 0 Å². The lowest BCUT2D eigenvalue weighted by Crippen LogP contribution is -2.22. The van der Waals surface area contributed by atoms with E-state index >= 15 is 0 Å². The Morgan fingerprint density at radius 3 is 3.00 bits per heavy atom. The molecule has 2 unspecified atom stereocenters. The second kappa shape index (κ2) is 5.07. The zero-order chi connectivity index (χ0) is 9.84. The molecule has 0 aliphatic carbocycles. The molecule has 1 aromatic rings. The van der Waals surface area contributed by atoms with Crippen LogP contribution in [0.3, 0.4) is 0 Å². The molecule has 13 heavy (non-hydrogen) atoms. The van der Waals surface area contributed by atoms with Crippen molar-refractivity contribution in [2.24, 2.45) is 0 Å². The van der Waals surface area contributed by atoms with E-state index in [9.17, 15) is 4.21 Å². The van der Waals surface area contributed by atoms with E-state index in [-0.39, 0.29) is 6.04 Å². The lowest BCUT2D eigenvalue weighted by Gasteiger charge is -2.10. The number of nitrogens with zero attached hydrogens (tertiary/aromatic N) is 1. The van der Waals surface area contributed by atoms with Crippen molar-refractivity contribution < 1.29 is 4.21 Å². The van der Waals surface area contributed by atoms with E-state index < -0.39 is 10.8 Å². The van der Waals surface area contributed by atoms with Gasteiger partial charge in [-0.15, -0.1) is 11.3 Å². The van der Waals surface area contributed by atoms with Gasteiger partial charge in [-0.05, 0) is 22.9 Å². The monoisotopic (exact) mass is 282 g/mol. The van der Waals surface area contributed by atoms with Crippen LogP contribution in [-0.4, -0.2) is 27.2 Å². The van der Waals surface area contributed by atoms with E-state index in [0.29, 0.717) is 5.75 Å². The first-order chi connectivity index (χ1) is 6.08. The van der Waals surface area contributed by atoms with E-state index in [1.54, 1.807) is 6.26 Å². The number of rotatable bonds is 4. The summed E-state index contributed by atoms with van der Waals surface area (Å²) < 4.78 is 11.7. The molecular weight excluding hydrogens is 272 g/mol. The van der Waals surface area contributed by atoms with Crippen molar-refractivity contribution in [3.05, 3.63) is 9.98 Å². The fourth-order valence-electron chi connectivity index (χ4n) is 0.925. The van der Waals surface area contributed by atoms with Crippen molar-refractivity contribution in [3.8, 4) is 0 Å². The molecule has 0 aliphatic rings. The van der Waals surface area contributed by atoms with Crippen LogP contribution < -0.4 is 5.32 Å². The molecule has 2 atom stereocenters. The van der Waals surface area contributed by atoms with Gasteiger partial charge in [-0.25, -0.2) is 4.98 Å². The number of thiazole rings is 1. The first-order valence-corrected chi connectivity index (χ1v) is 7.15. The first kappa shape index (κ1) is 11.1. The molecule has 0 saturated heterocycles. The van der Waals surface area contributed by atoms with Gasteiger partial charge in [-0.1, -0.05) is 0 Å². The van der Waals surface area contributed by atoms with E-state index in [1.165, 1.54) is 11.3 Å². The van der Waals surface area contributed by atoms with Crippen LogP contribution in [0.4, 0.5) is 5.13 Å². The molecule has 0 fully saturated rings. The summed E-state index contributed by atoms with van der Waals surface area (Å²) in [5, 5.41) is 5.96. The lowest BCUT2D eigenvalue weighted by molar-refractivity contribution is 0.683. The van der Waals surface area contributed by atoms with Crippen LogP contribution >= 0.6 is 27.3 Å². The molecule has 0 radical (unpaired) electrons. The fraction of sp³-hybridized carbons (Fsp3) is 0.571. The maximum Gasteiger partial charge on any atom is 0.183 e. The van der Waals surface area contributed by atoms with Gasteiger partial charge >= 0.3 is 0 Å². The summed E-state index contributed by atoms with van der Waals surface area (Å²) in [6, 6.07) is 0.198.